The van der Waals surface area contributed by atoms with E-state index >= 15 is 0 Å². The minimum Gasteiger partial charge on any atom is -0.455 e. The Hall–Kier alpha value is -2.34. The monoisotopic (exact) mass is 376 g/mol. The van der Waals surface area contributed by atoms with E-state index < -0.39 is 17.3 Å². The number of amides is 1. The van der Waals surface area contributed by atoms with E-state index in [1.165, 1.54) is 0 Å². The van der Waals surface area contributed by atoms with Crippen molar-refractivity contribution in [3.63, 3.8) is 0 Å². The number of ether oxygens (including phenoxy) is 1. The number of halogens is 1. The number of nitrogens with zero attached hydrogens (tertiary/aromatic N) is 1. The Bertz CT molecular complexity index is 817. The second-order valence-corrected chi connectivity index (χ2v) is 7.98. The van der Waals surface area contributed by atoms with E-state index in [4.69, 9.17) is 20.9 Å². The fourth-order valence-electron chi connectivity index (χ4n) is 2.63. The molecule has 1 fully saturated rings. The van der Waals surface area contributed by atoms with E-state index in [0.717, 1.165) is 11.3 Å². The number of hydrogen-bond donors (Lipinski definition) is 1. The maximum atomic E-state index is 12.4. The lowest BCUT2D eigenvalue weighted by Crippen LogP contribution is -2.28. The molecule has 0 saturated heterocycles. The third kappa shape index (κ3) is 3.90. The fraction of sp³-hybridized carbons (Fsp3) is 0.421. The molecule has 26 heavy (non-hydrogen) atoms. The number of nitrogens with one attached hydrogen (secondary N) is 1. The second kappa shape index (κ2) is 6.76. The number of carbonyl (C=O) groups excluding carboxylic acids is 2. The van der Waals surface area contributed by atoms with Crippen molar-refractivity contribution in [3.05, 3.63) is 46.6 Å². The average molecular weight is 377 g/mol. The van der Waals surface area contributed by atoms with Gasteiger partial charge in [-0.1, -0.05) is 49.7 Å². The Kier molecular flexibility index (Phi) is 4.80. The Balaban J connectivity index is 1.55. The van der Waals surface area contributed by atoms with Gasteiger partial charge in [0.2, 0.25) is 5.88 Å². The molecule has 0 spiro atoms. The number of esters is 1. The average Bonchev–Trinajstić information content (AvgIpc) is 3.25. The van der Waals surface area contributed by atoms with Gasteiger partial charge in [-0.25, -0.2) is 0 Å². The van der Waals surface area contributed by atoms with Gasteiger partial charge >= 0.3 is 5.97 Å². The summed E-state index contributed by atoms with van der Waals surface area (Å²) in [5, 5.41) is 7.08. The van der Waals surface area contributed by atoms with Crippen LogP contribution < -0.4 is 5.32 Å². The summed E-state index contributed by atoms with van der Waals surface area (Å²) in [7, 11) is 0. The number of rotatable bonds is 5. The highest BCUT2D eigenvalue weighted by Gasteiger charge is 2.52. The van der Waals surface area contributed by atoms with Gasteiger partial charge in [-0.3, -0.25) is 14.9 Å². The molecule has 1 N–H and O–H groups in total. The third-order valence-corrected chi connectivity index (χ3v) is 4.67. The molecule has 1 aromatic heterocycles. The van der Waals surface area contributed by atoms with Crippen LogP contribution in [0.3, 0.4) is 0 Å². The third-order valence-electron chi connectivity index (χ3n) is 4.41. The van der Waals surface area contributed by atoms with Crippen LogP contribution in [0.2, 0.25) is 5.02 Å². The standard InChI is InChI=1S/C19H21ClN2O4/c1-18(2,3)14-10-16(26-22-14)21-15(23)11-25-17(24)19(8-9-19)12-4-6-13(20)7-5-12/h4-7,10H,8-9,11H2,1-3H3,(H,21,23). The van der Waals surface area contributed by atoms with Crippen LogP contribution >= 0.6 is 11.6 Å². The van der Waals surface area contributed by atoms with Crippen LogP contribution in [0.4, 0.5) is 5.88 Å². The number of aromatic nitrogens is 1. The summed E-state index contributed by atoms with van der Waals surface area (Å²) in [5.74, 6) is -0.639. The van der Waals surface area contributed by atoms with Crippen LogP contribution in [0.5, 0.6) is 0 Å². The number of anilines is 1. The summed E-state index contributed by atoms with van der Waals surface area (Å²) in [4.78, 5) is 24.4. The van der Waals surface area contributed by atoms with E-state index in [2.05, 4.69) is 10.5 Å². The van der Waals surface area contributed by atoms with E-state index in [9.17, 15) is 9.59 Å². The Morgan fingerprint density at radius 3 is 2.46 bits per heavy atom. The molecule has 1 heterocycles. The summed E-state index contributed by atoms with van der Waals surface area (Å²) >= 11 is 5.89. The molecule has 0 atom stereocenters. The molecular weight excluding hydrogens is 356 g/mol. The Labute approximate surface area is 156 Å². The lowest BCUT2D eigenvalue weighted by atomic mass is 9.92. The quantitative estimate of drug-likeness (QED) is 0.802. The topological polar surface area (TPSA) is 81.4 Å². The second-order valence-electron chi connectivity index (χ2n) is 7.54. The molecule has 0 unspecified atom stereocenters. The van der Waals surface area contributed by atoms with Gasteiger partial charge in [0, 0.05) is 16.5 Å². The molecule has 1 saturated carbocycles. The first-order valence-corrected chi connectivity index (χ1v) is 8.79. The van der Waals surface area contributed by atoms with Crippen molar-refractivity contribution in [1.82, 2.24) is 5.16 Å². The SMILES string of the molecule is CC(C)(C)c1cc(NC(=O)COC(=O)C2(c3ccc(Cl)cc3)CC2)on1. The summed E-state index contributed by atoms with van der Waals surface area (Å²) < 4.78 is 10.3. The summed E-state index contributed by atoms with van der Waals surface area (Å²) in [6.07, 6.45) is 1.40. The number of carbonyl (C=O) groups is 2. The molecule has 0 bridgehead atoms. The van der Waals surface area contributed by atoms with Gasteiger partial charge in [-0.15, -0.1) is 0 Å². The predicted octanol–water partition coefficient (Wildman–Crippen LogP) is 3.84. The Morgan fingerprint density at radius 1 is 1.27 bits per heavy atom. The molecule has 3 rings (SSSR count). The maximum absolute atomic E-state index is 12.4. The van der Waals surface area contributed by atoms with Crippen molar-refractivity contribution >= 4 is 29.4 Å². The molecule has 1 aromatic carbocycles. The molecule has 1 aliphatic rings. The minimum atomic E-state index is -0.656. The molecule has 0 radical (unpaired) electrons. The smallest absolute Gasteiger partial charge is 0.317 e. The highest BCUT2D eigenvalue weighted by molar-refractivity contribution is 6.30. The Morgan fingerprint density at radius 2 is 1.92 bits per heavy atom. The van der Waals surface area contributed by atoms with Gasteiger partial charge in [0.15, 0.2) is 6.61 Å². The number of benzene rings is 1. The molecule has 1 amide bonds. The van der Waals surface area contributed by atoms with Gasteiger partial charge in [-0.2, -0.15) is 0 Å². The predicted molar refractivity (Wildman–Crippen MR) is 97.2 cm³/mol. The van der Waals surface area contributed by atoms with E-state index in [1.807, 2.05) is 32.9 Å². The van der Waals surface area contributed by atoms with Gasteiger partial charge in [0.05, 0.1) is 11.1 Å². The summed E-state index contributed by atoms with van der Waals surface area (Å²) in [5.41, 5.74) is 0.744. The largest absolute Gasteiger partial charge is 0.455 e. The molecule has 0 aliphatic heterocycles. The van der Waals surface area contributed by atoms with Crippen molar-refractivity contribution in [2.24, 2.45) is 0 Å². The first-order chi connectivity index (χ1) is 12.2. The van der Waals surface area contributed by atoms with Crippen molar-refractivity contribution in [2.75, 3.05) is 11.9 Å². The van der Waals surface area contributed by atoms with Crippen molar-refractivity contribution in [1.29, 1.82) is 0 Å². The fourth-order valence-corrected chi connectivity index (χ4v) is 2.76. The van der Waals surface area contributed by atoms with Crippen LogP contribution in [-0.4, -0.2) is 23.6 Å². The molecule has 138 valence electrons. The zero-order chi connectivity index (χ0) is 18.9. The van der Waals surface area contributed by atoms with E-state index in [-0.39, 0.29) is 17.9 Å². The highest BCUT2D eigenvalue weighted by atomic mass is 35.5. The van der Waals surface area contributed by atoms with Gasteiger partial charge < -0.3 is 9.26 Å². The van der Waals surface area contributed by atoms with E-state index in [1.54, 1.807) is 18.2 Å². The molecule has 6 nitrogen and oxygen atoms in total. The molecule has 2 aromatic rings. The first kappa shape index (κ1) is 18.5. The van der Waals surface area contributed by atoms with Crippen LogP contribution in [0.15, 0.2) is 34.9 Å². The van der Waals surface area contributed by atoms with Crippen molar-refractivity contribution in [3.8, 4) is 0 Å². The van der Waals surface area contributed by atoms with Crippen LogP contribution in [0.25, 0.3) is 0 Å². The van der Waals surface area contributed by atoms with Crippen LogP contribution in [-0.2, 0) is 25.2 Å². The van der Waals surface area contributed by atoms with Gasteiger partial charge in [0.25, 0.3) is 5.91 Å². The van der Waals surface area contributed by atoms with Gasteiger partial charge in [-0.05, 0) is 30.5 Å². The zero-order valence-corrected chi connectivity index (χ0v) is 15.7. The zero-order valence-electron chi connectivity index (χ0n) is 15.0. The molecule has 1 aliphatic carbocycles. The normalized spacial score (nSPS) is 15.4. The van der Waals surface area contributed by atoms with Crippen LogP contribution in [0, 0.1) is 0 Å². The lowest BCUT2D eigenvalue weighted by molar-refractivity contribution is -0.150. The van der Waals surface area contributed by atoms with Crippen molar-refractivity contribution < 1.29 is 18.8 Å². The molecule has 7 heteroatoms. The van der Waals surface area contributed by atoms with Crippen molar-refractivity contribution in [2.45, 2.75) is 44.4 Å². The van der Waals surface area contributed by atoms with E-state index in [0.29, 0.717) is 17.9 Å². The number of hydrogen-bond acceptors (Lipinski definition) is 5. The highest BCUT2D eigenvalue weighted by Crippen LogP contribution is 2.49. The first-order valence-electron chi connectivity index (χ1n) is 8.41. The minimum absolute atomic E-state index is 0.185. The van der Waals surface area contributed by atoms with Gasteiger partial charge in [0.1, 0.15) is 0 Å². The maximum Gasteiger partial charge on any atom is 0.317 e. The summed E-state index contributed by atoms with van der Waals surface area (Å²) in [6.45, 7) is 5.60. The lowest BCUT2D eigenvalue weighted by Gasteiger charge is -2.14. The summed E-state index contributed by atoms with van der Waals surface area (Å²) in [6, 6.07) is 8.79. The van der Waals surface area contributed by atoms with Crippen LogP contribution in [0.1, 0.15) is 44.9 Å². The molecular formula is C19H21ClN2O4.